The second-order valence-electron chi connectivity index (χ2n) is 13.1. The number of hydrogen-bond acceptors (Lipinski definition) is 13. The summed E-state index contributed by atoms with van der Waals surface area (Å²) in [5.74, 6) is -6.16. The Morgan fingerprint density at radius 1 is 1.00 bits per heavy atom. The lowest BCUT2D eigenvalue weighted by atomic mass is 10.0. The highest BCUT2D eigenvalue weighted by molar-refractivity contribution is 6.24. The average Bonchev–Trinajstić information content (AvgIpc) is 3.65. The van der Waals surface area contributed by atoms with Gasteiger partial charge in [0.25, 0.3) is 17.7 Å². The second-order valence-corrected chi connectivity index (χ2v) is 13.1. The first-order chi connectivity index (χ1) is 28.6. The highest BCUT2D eigenvalue weighted by Crippen LogP contribution is 2.39. The van der Waals surface area contributed by atoms with Crippen molar-refractivity contribution in [3.05, 3.63) is 76.8 Å². The zero-order chi connectivity index (χ0) is 43.1. The Labute approximate surface area is 335 Å². The number of anilines is 2. The predicted molar refractivity (Wildman–Crippen MR) is 196 cm³/mol. The Morgan fingerprint density at radius 2 is 1.72 bits per heavy atom. The number of imide groups is 2. The van der Waals surface area contributed by atoms with E-state index in [1.54, 1.807) is 5.32 Å². The monoisotopic (exact) mass is 846 g/mol. The van der Waals surface area contributed by atoms with E-state index < -0.39 is 83.4 Å². The number of aromatic nitrogens is 2. The number of alkyl halides is 3. The van der Waals surface area contributed by atoms with Gasteiger partial charge in [-0.2, -0.15) is 13.2 Å². The molecular formula is C37H35F5N8O10. The fraction of sp³-hybridized carbons (Fsp3) is 0.351. The summed E-state index contributed by atoms with van der Waals surface area (Å²) in [6, 6.07) is 0.456. The number of nitrogens with one attached hydrogen (secondary N) is 5. The van der Waals surface area contributed by atoms with Crippen LogP contribution in [-0.2, 0) is 23.9 Å². The first-order valence-corrected chi connectivity index (χ1v) is 18.1. The minimum atomic E-state index is -5.06. The Kier molecular flexibility index (Phi) is 13.2. The van der Waals surface area contributed by atoms with Gasteiger partial charge in [0.05, 0.1) is 55.6 Å². The molecule has 1 saturated heterocycles. The number of halogens is 5. The molecular weight excluding hydrogens is 811 g/mol. The Hall–Kier alpha value is -6.75. The summed E-state index contributed by atoms with van der Waals surface area (Å²) in [6.07, 6.45) is -2.82. The second kappa shape index (κ2) is 18.4. The molecule has 0 spiro atoms. The van der Waals surface area contributed by atoms with Crippen LogP contribution in [0.15, 0.2) is 47.1 Å². The molecule has 23 heteroatoms. The van der Waals surface area contributed by atoms with E-state index in [1.807, 2.05) is 0 Å². The Morgan fingerprint density at radius 3 is 2.42 bits per heavy atom. The molecule has 2 atom stereocenters. The quantitative estimate of drug-likeness (QED) is 0.0584. The summed E-state index contributed by atoms with van der Waals surface area (Å²) in [4.78, 5) is 83.5. The molecule has 1 unspecified atom stereocenters. The third-order valence-corrected chi connectivity index (χ3v) is 9.03. The number of carbonyl (C=O) groups excluding carboxylic acids is 6. The molecule has 0 saturated carbocycles. The third kappa shape index (κ3) is 9.91. The van der Waals surface area contributed by atoms with Crippen LogP contribution < -0.4 is 31.3 Å². The largest absolute Gasteiger partial charge is 0.483 e. The summed E-state index contributed by atoms with van der Waals surface area (Å²) in [5.41, 5.74) is -0.911. The third-order valence-electron chi connectivity index (χ3n) is 9.03. The number of ether oxygens (including phenoxy) is 3. The number of nitrogens with zero attached hydrogens (tertiary/aromatic N) is 3. The summed E-state index contributed by atoms with van der Waals surface area (Å²) in [5, 5.41) is 11.3. The molecule has 4 heterocycles. The van der Waals surface area contributed by atoms with Crippen molar-refractivity contribution in [2.24, 2.45) is 0 Å². The molecule has 2 aromatic heterocycles. The van der Waals surface area contributed by atoms with E-state index in [0.717, 1.165) is 23.4 Å². The molecule has 5 N–H and O–H groups in total. The lowest BCUT2D eigenvalue weighted by Crippen LogP contribution is -2.54. The molecule has 0 radical (unpaired) electrons. The van der Waals surface area contributed by atoms with Crippen molar-refractivity contribution in [2.75, 3.05) is 56.8 Å². The van der Waals surface area contributed by atoms with Crippen molar-refractivity contribution < 1.29 is 69.3 Å². The van der Waals surface area contributed by atoms with Crippen LogP contribution in [0.2, 0.25) is 0 Å². The van der Waals surface area contributed by atoms with E-state index in [0.29, 0.717) is 6.07 Å². The van der Waals surface area contributed by atoms with Gasteiger partial charge in [-0.1, -0.05) is 6.07 Å². The smallest absolute Gasteiger partial charge is 0.416 e. The number of hydrogen-bond donors (Lipinski definition) is 5. The molecule has 1 fully saturated rings. The van der Waals surface area contributed by atoms with Crippen LogP contribution in [0.4, 0.5) is 38.4 Å². The molecule has 6 rings (SSSR count). The van der Waals surface area contributed by atoms with Gasteiger partial charge in [-0.3, -0.25) is 34.2 Å². The minimum Gasteiger partial charge on any atom is -0.483 e. The Balaban J connectivity index is 0.838. The number of amides is 7. The lowest BCUT2D eigenvalue weighted by molar-refractivity contribution is -0.158. The first kappa shape index (κ1) is 42.8. The van der Waals surface area contributed by atoms with Crippen LogP contribution >= 0.6 is 0 Å². The molecule has 2 aromatic carbocycles. The molecule has 4 aromatic rings. The van der Waals surface area contributed by atoms with Gasteiger partial charge in [-0.15, -0.1) is 0 Å². The van der Waals surface area contributed by atoms with E-state index in [1.165, 1.54) is 25.1 Å². The van der Waals surface area contributed by atoms with Crippen LogP contribution in [0, 0.1) is 18.6 Å². The van der Waals surface area contributed by atoms with E-state index in [2.05, 4.69) is 31.2 Å². The fourth-order valence-electron chi connectivity index (χ4n) is 6.23. The topological polar surface area (TPSA) is 232 Å². The van der Waals surface area contributed by atoms with E-state index in [4.69, 9.17) is 18.6 Å². The molecule has 318 valence electrons. The average molecular weight is 847 g/mol. The Bertz CT molecular complexity index is 2310. The van der Waals surface area contributed by atoms with Crippen molar-refractivity contribution >= 4 is 58.2 Å². The predicted octanol–water partition coefficient (Wildman–Crippen LogP) is 3.28. The molecule has 0 bridgehead atoms. The van der Waals surface area contributed by atoms with E-state index >= 15 is 0 Å². The number of rotatable bonds is 17. The maximum atomic E-state index is 14.1. The van der Waals surface area contributed by atoms with Crippen molar-refractivity contribution in [3.63, 3.8) is 0 Å². The van der Waals surface area contributed by atoms with Gasteiger partial charge in [0.15, 0.2) is 24.0 Å². The fourth-order valence-corrected chi connectivity index (χ4v) is 6.23. The van der Waals surface area contributed by atoms with Gasteiger partial charge in [0, 0.05) is 36.5 Å². The summed E-state index contributed by atoms with van der Waals surface area (Å²) in [7, 11) is 0. The molecule has 2 aliphatic rings. The number of fused-ring (bicyclic) bond motifs is 2. The number of piperidine rings is 1. The zero-order valence-electron chi connectivity index (χ0n) is 31.4. The lowest BCUT2D eigenvalue weighted by Gasteiger charge is -2.27. The van der Waals surface area contributed by atoms with Crippen molar-refractivity contribution in [3.8, 4) is 5.75 Å². The molecule has 60 heavy (non-hydrogen) atoms. The highest BCUT2D eigenvalue weighted by atomic mass is 19.4. The SMILES string of the molecule is Cc1c([C@@H](NC(=O)Nc2cnc(NCCOCCOCCNC(=O)COc3cccc4c3C(=O)N(C3CCC(=O)NC3=O)C4=O)nc2)C(F)(F)F)oc2c(F)cc(F)cc12. The maximum Gasteiger partial charge on any atom is 0.416 e. The van der Waals surface area contributed by atoms with E-state index in [9.17, 15) is 50.7 Å². The van der Waals surface area contributed by atoms with Gasteiger partial charge in [0.1, 0.15) is 23.4 Å². The number of furan rings is 1. The summed E-state index contributed by atoms with van der Waals surface area (Å²) < 4.78 is 91.1. The maximum absolute atomic E-state index is 14.1. The minimum absolute atomic E-state index is 0.00554. The zero-order valence-corrected chi connectivity index (χ0v) is 31.4. The van der Waals surface area contributed by atoms with Crippen LogP contribution in [-0.4, -0.2) is 109 Å². The van der Waals surface area contributed by atoms with Gasteiger partial charge < -0.3 is 39.9 Å². The highest BCUT2D eigenvalue weighted by Gasteiger charge is 2.47. The molecule has 0 aliphatic carbocycles. The molecule has 7 amide bonds. The standard InChI is InChI=1S/C37H35F5N8O10/c1-18-22-13-19(38)14-23(39)30(22)60-29(18)31(37(40,41)42)49-36(56)47-20-15-45-35(46-16-20)44-8-10-58-12-11-57-9-7-43-27(52)17-59-25-4-2-3-21-28(25)34(55)50(33(21)54)24-5-6-26(51)48-32(24)53/h2-4,13-16,24,31H,5-12,17H2,1H3,(H,43,52)(H,44,45,46)(H2,47,49,56)(H,48,51,53)/t24?,31-/m1/s1. The van der Waals surface area contributed by atoms with Gasteiger partial charge in [-0.05, 0) is 31.5 Å². The number of benzene rings is 2. The molecule has 18 nitrogen and oxygen atoms in total. The summed E-state index contributed by atoms with van der Waals surface area (Å²) in [6.45, 7) is 1.77. The van der Waals surface area contributed by atoms with E-state index in [-0.39, 0.29) is 91.8 Å². The van der Waals surface area contributed by atoms with Crippen molar-refractivity contribution in [1.29, 1.82) is 0 Å². The van der Waals surface area contributed by atoms with Crippen LogP contribution in [0.3, 0.4) is 0 Å². The van der Waals surface area contributed by atoms with Crippen LogP contribution in [0.1, 0.15) is 50.9 Å². The van der Waals surface area contributed by atoms with Gasteiger partial charge in [-0.25, -0.2) is 23.5 Å². The number of carbonyl (C=O) groups is 6. The van der Waals surface area contributed by atoms with Crippen LogP contribution in [0.25, 0.3) is 11.0 Å². The van der Waals surface area contributed by atoms with Crippen LogP contribution in [0.5, 0.6) is 5.75 Å². The normalized spacial score (nSPS) is 15.8. The van der Waals surface area contributed by atoms with Crippen molar-refractivity contribution in [2.45, 2.75) is 38.0 Å². The first-order valence-electron chi connectivity index (χ1n) is 18.1. The van der Waals surface area contributed by atoms with Gasteiger partial charge in [0.2, 0.25) is 17.8 Å². The van der Waals surface area contributed by atoms with Gasteiger partial charge >= 0.3 is 12.2 Å². The number of urea groups is 1. The molecule has 2 aliphatic heterocycles. The number of aryl methyl sites for hydroxylation is 1. The summed E-state index contributed by atoms with van der Waals surface area (Å²) >= 11 is 0. The van der Waals surface area contributed by atoms with Crippen molar-refractivity contribution in [1.82, 2.24) is 30.8 Å².